The van der Waals surface area contributed by atoms with Crippen molar-refractivity contribution in [3.8, 4) is 5.75 Å². The van der Waals surface area contributed by atoms with Gasteiger partial charge in [-0.1, -0.05) is 30.3 Å². The lowest BCUT2D eigenvalue weighted by Crippen LogP contribution is -2.42. The topological polar surface area (TPSA) is 70.5 Å². The van der Waals surface area contributed by atoms with Gasteiger partial charge in [-0.15, -0.1) is 0 Å². The van der Waals surface area contributed by atoms with E-state index in [0.29, 0.717) is 19.5 Å². The quantitative estimate of drug-likeness (QED) is 0.910. The summed E-state index contributed by atoms with van der Waals surface area (Å²) in [6.07, 6.45) is 4.31. The molecule has 1 fully saturated rings. The molecule has 0 saturated carbocycles. The van der Waals surface area contributed by atoms with Crippen LogP contribution in [0, 0.1) is 5.92 Å². The standard InChI is InChI=1S/C20H22N2O3/c23-17(11-10-15-6-2-1-3-7-15)16-8-5-13-22(14-16)20(25)19-18(24)9-4-12-21-19/h1-4,6-7,9,12,16,24H,5,8,10-11,13-14H2. The van der Waals surface area contributed by atoms with E-state index in [4.69, 9.17) is 0 Å². The number of ketones is 1. The maximum atomic E-state index is 12.6. The number of amides is 1. The van der Waals surface area contributed by atoms with Crippen molar-refractivity contribution in [3.63, 3.8) is 0 Å². The van der Waals surface area contributed by atoms with Crippen molar-refractivity contribution in [1.82, 2.24) is 9.88 Å². The number of likely N-dealkylation sites (tertiary alicyclic amines) is 1. The Labute approximate surface area is 147 Å². The van der Waals surface area contributed by atoms with Crippen LogP contribution in [0.2, 0.25) is 0 Å². The fourth-order valence-corrected chi connectivity index (χ4v) is 3.25. The van der Waals surface area contributed by atoms with Gasteiger partial charge in [-0.2, -0.15) is 0 Å². The first-order valence-electron chi connectivity index (χ1n) is 8.65. The van der Waals surface area contributed by atoms with Crippen LogP contribution in [-0.2, 0) is 11.2 Å². The average Bonchev–Trinajstić information content (AvgIpc) is 2.67. The fraction of sp³-hybridized carbons (Fsp3) is 0.350. The highest BCUT2D eigenvalue weighted by atomic mass is 16.3. The molecule has 0 bridgehead atoms. The van der Waals surface area contributed by atoms with E-state index in [1.165, 1.54) is 12.3 Å². The van der Waals surface area contributed by atoms with Crippen molar-refractivity contribution in [2.75, 3.05) is 13.1 Å². The lowest BCUT2D eigenvalue weighted by molar-refractivity contribution is -0.124. The summed E-state index contributed by atoms with van der Waals surface area (Å²) in [5, 5.41) is 9.82. The lowest BCUT2D eigenvalue weighted by Gasteiger charge is -2.32. The molecular formula is C20H22N2O3. The molecule has 5 heteroatoms. The predicted molar refractivity (Wildman–Crippen MR) is 94.3 cm³/mol. The maximum Gasteiger partial charge on any atom is 0.276 e. The Balaban J connectivity index is 1.60. The van der Waals surface area contributed by atoms with Crippen LogP contribution in [0.4, 0.5) is 0 Å². The predicted octanol–water partition coefficient (Wildman–Crippen LogP) is 2.84. The number of pyridine rings is 1. The Morgan fingerprint density at radius 2 is 1.96 bits per heavy atom. The first-order valence-corrected chi connectivity index (χ1v) is 8.65. The zero-order chi connectivity index (χ0) is 17.6. The summed E-state index contributed by atoms with van der Waals surface area (Å²) in [6, 6.07) is 13.0. The highest BCUT2D eigenvalue weighted by Gasteiger charge is 2.29. The minimum atomic E-state index is -0.307. The smallest absolute Gasteiger partial charge is 0.276 e. The van der Waals surface area contributed by atoms with Crippen molar-refractivity contribution < 1.29 is 14.7 Å². The first kappa shape index (κ1) is 17.1. The van der Waals surface area contributed by atoms with Gasteiger partial charge in [0.2, 0.25) is 0 Å². The summed E-state index contributed by atoms with van der Waals surface area (Å²) in [5.41, 5.74) is 1.21. The number of rotatable bonds is 5. The molecule has 1 aromatic heterocycles. The van der Waals surface area contributed by atoms with Gasteiger partial charge in [-0.05, 0) is 37.0 Å². The van der Waals surface area contributed by atoms with Crippen LogP contribution >= 0.6 is 0 Å². The SMILES string of the molecule is O=C(CCc1ccccc1)C1CCCN(C(=O)c2ncccc2O)C1. The van der Waals surface area contributed by atoms with Crippen molar-refractivity contribution in [2.24, 2.45) is 5.92 Å². The first-order chi connectivity index (χ1) is 12.1. The van der Waals surface area contributed by atoms with E-state index >= 15 is 0 Å². The van der Waals surface area contributed by atoms with Gasteiger partial charge >= 0.3 is 0 Å². The minimum absolute atomic E-state index is 0.0554. The summed E-state index contributed by atoms with van der Waals surface area (Å²) >= 11 is 0. The molecule has 130 valence electrons. The van der Waals surface area contributed by atoms with Crippen molar-refractivity contribution >= 4 is 11.7 Å². The number of Topliss-reactive ketones (excluding diaryl/α,β-unsaturated/α-hetero) is 1. The zero-order valence-electron chi connectivity index (χ0n) is 14.1. The summed E-state index contributed by atoms with van der Waals surface area (Å²) in [6.45, 7) is 1.000. The number of piperidine rings is 1. The molecule has 3 rings (SSSR count). The van der Waals surface area contributed by atoms with Gasteiger partial charge in [-0.25, -0.2) is 4.98 Å². The Morgan fingerprint density at radius 3 is 2.72 bits per heavy atom. The molecule has 1 saturated heterocycles. The summed E-state index contributed by atoms with van der Waals surface area (Å²) < 4.78 is 0. The second kappa shape index (κ2) is 7.92. The number of benzene rings is 1. The van der Waals surface area contributed by atoms with Gasteiger partial charge in [0, 0.05) is 31.6 Å². The molecule has 0 aliphatic carbocycles. The van der Waals surface area contributed by atoms with Crippen LogP contribution in [0.5, 0.6) is 5.75 Å². The molecule has 25 heavy (non-hydrogen) atoms. The van der Waals surface area contributed by atoms with E-state index in [-0.39, 0.29) is 29.1 Å². The molecule has 0 radical (unpaired) electrons. The van der Waals surface area contributed by atoms with E-state index in [1.807, 2.05) is 30.3 Å². The van der Waals surface area contributed by atoms with E-state index in [1.54, 1.807) is 11.0 Å². The van der Waals surface area contributed by atoms with Crippen LogP contribution in [0.1, 0.15) is 35.3 Å². The summed E-state index contributed by atoms with van der Waals surface area (Å²) in [5.74, 6) is -0.359. The number of aryl methyl sites for hydroxylation is 1. The number of hydrogen-bond donors (Lipinski definition) is 1. The Morgan fingerprint density at radius 1 is 1.16 bits per heavy atom. The number of aromatic nitrogens is 1. The second-order valence-electron chi connectivity index (χ2n) is 6.41. The van der Waals surface area contributed by atoms with Crippen LogP contribution in [0.3, 0.4) is 0 Å². The number of aromatic hydroxyl groups is 1. The molecule has 2 aromatic rings. The van der Waals surface area contributed by atoms with Gasteiger partial charge in [0.1, 0.15) is 11.5 Å². The minimum Gasteiger partial charge on any atom is -0.505 e. The third-order valence-corrected chi connectivity index (χ3v) is 4.66. The van der Waals surface area contributed by atoms with Gasteiger partial charge in [0.25, 0.3) is 5.91 Å². The number of carbonyl (C=O) groups excluding carboxylic acids is 2. The fourth-order valence-electron chi connectivity index (χ4n) is 3.25. The van der Waals surface area contributed by atoms with E-state index in [0.717, 1.165) is 24.8 Å². The third kappa shape index (κ3) is 4.24. The molecule has 1 aliphatic rings. The molecule has 2 heterocycles. The highest BCUT2D eigenvalue weighted by Crippen LogP contribution is 2.23. The average molecular weight is 338 g/mol. The molecule has 1 atom stereocenters. The van der Waals surface area contributed by atoms with Gasteiger partial charge in [-0.3, -0.25) is 9.59 Å². The monoisotopic (exact) mass is 338 g/mol. The number of carbonyl (C=O) groups is 2. The number of nitrogens with zero attached hydrogens (tertiary/aromatic N) is 2. The van der Waals surface area contributed by atoms with Gasteiger partial charge in [0.05, 0.1) is 0 Å². The molecule has 1 unspecified atom stereocenters. The maximum absolute atomic E-state index is 12.6. The normalized spacial score (nSPS) is 17.3. The Bertz CT molecular complexity index is 746. The van der Waals surface area contributed by atoms with Crippen LogP contribution in [0.25, 0.3) is 0 Å². The zero-order valence-corrected chi connectivity index (χ0v) is 14.1. The molecule has 0 spiro atoms. The van der Waals surface area contributed by atoms with E-state index in [9.17, 15) is 14.7 Å². The van der Waals surface area contributed by atoms with Crippen LogP contribution in [-0.4, -0.2) is 39.8 Å². The second-order valence-corrected chi connectivity index (χ2v) is 6.41. The largest absolute Gasteiger partial charge is 0.505 e. The molecule has 1 amide bonds. The van der Waals surface area contributed by atoms with Crippen molar-refractivity contribution in [2.45, 2.75) is 25.7 Å². The van der Waals surface area contributed by atoms with Gasteiger partial charge < -0.3 is 10.0 Å². The highest BCUT2D eigenvalue weighted by molar-refractivity contribution is 5.95. The number of hydrogen-bond acceptors (Lipinski definition) is 4. The lowest BCUT2D eigenvalue weighted by atomic mass is 9.90. The van der Waals surface area contributed by atoms with Crippen LogP contribution < -0.4 is 0 Å². The molecule has 1 aliphatic heterocycles. The molecule has 1 aromatic carbocycles. The van der Waals surface area contributed by atoms with Crippen molar-refractivity contribution in [1.29, 1.82) is 0 Å². The summed E-state index contributed by atoms with van der Waals surface area (Å²) in [4.78, 5) is 30.7. The Hall–Kier alpha value is -2.69. The third-order valence-electron chi connectivity index (χ3n) is 4.66. The van der Waals surface area contributed by atoms with E-state index in [2.05, 4.69) is 4.98 Å². The molecule has 1 N–H and O–H groups in total. The Kier molecular flexibility index (Phi) is 5.43. The van der Waals surface area contributed by atoms with E-state index < -0.39 is 0 Å². The van der Waals surface area contributed by atoms with Crippen molar-refractivity contribution in [3.05, 3.63) is 59.9 Å². The molecule has 5 nitrogen and oxygen atoms in total. The van der Waals surface area contributed by atoms with Crippen LogP contribution in [0.15, 0.2) is 48.7 Å². The van der Waals surface area contributed by atoms with Gasteiger partial charge in [0.15, 0.2) is 5.69 Å². The summed E-state index contributed by atoms with van der Waals surface area (Å²) in [7, 11) is 0. The molecular weight excluding hydrogens is 316 g/mol.